The van der Waals surface area contributed by atoms with Gasteiger partial charge in [-0.3, -0.25) is 5.01 Å². The highest BCUT2D eigenvalue weighted by Gasteiger charge is 2.12. The van der Waals surface area contributed by atoms with E-state index in [1.165, 1.54) is 0 Å². The van der Waals surface area contributed by atoms with Gasteiger partial charge in [-0.05, 0) is 19.2 Å². The van der Waals surface area contributed by atoms with Crippen LogP contribution in [0.1, 0.15) is 5.56 Å². The zero-order chi connectivity index (χ0) is 13.7. The quantitative estimate of drug-likeness (QED) is 0.767. The molecule has 104 valence electrons. The second-order valence-corrected chi connectivity index (χ2v) is 4.58. The molecule has 1 heterocycles. The molecule has 1 fully saturated rings. The molecule has 0 bridgehead atoms. The Balaban J connectivity index is 2.10. The Morgan fingerprint density at radius 1 is 1.11 bits per heavy atom. The number of likely N-dealkylation sites (N-methyl/N-ethyl adjacent to an activating group) is 1. The van der Waals surface area contributed by atoms with Crippen molar-refractivity contribution in [2.45, 2.75) is 0 Å². The molecule has 5 nitrogen and oxygen atoms in total. The van der Waals surface area contributed by atoms with Crippen LogP contribution in [0, 0.1) is 0 Å². The number of rotatable bonds is 4. The van der Waals surface area contributed by atoms with Gasteiger partial charge in [0, 0.05) is 31.7 Å². The first-order chi connectivity index (χ1) is 9.24. The lowest BCUT2D eigenvalue weighted by Gasteiger charge is -2.30. The summed E-state index contributed by atoms with van der Waals surface area (Å²) in [5.41, 5.74) is 0.931. The van der Waals surface area contributed by atoms with Crippen molar-refractivity contribution in [3.63, 3.8) is 0 Å². The molecular weight excluding hydrogens is 242 g/mol. The molecule has 0 atom stereocenters. The molecule has 1 saturated heterocycles. The Morgan fingerprint density at radius 2 is 1.84 bits per heavy atom. The zero-order valence-corrected chi connectivity index (χ0v) is 11.8. The SMILES string of the molecule is COc1cccc(/C=N\N2CCN(C)CC2)c1OC. The number of ether oxygens (including phenoxy) is 2. The molecule has 1 aliphatic rings. The van der Waals surface area contributed by atoms with Crippen LogP contribution in [-0.2, 0) is 0 Å². The van der Waals surface area contributed by atoms with E-state index >= 15 is 0 Å². The van der Waals surface area contributed by atoms with E-state index in [0.29, 0.717) is 0 Å². The molecule has 1 aromatic carbocycles. The van der Waals surface area contributed by atoms with Crippen LogP contribution in [0.2, 0.25) is 0 Å². The van der Waals surface area contributed by atoms with Crippen molar-refractivity contribution >= 4 is 6.21 Å². The van der Waals surface area contributed by atoms with Crippen molar-refractivity contribution in [1.82, 2.24) is 9.91 Å². The molecule has 0 radical (unpaired) electrons. The Labute approximate surface area is 114 Å². The number of methoxy groups -OCH3 is 2. The Hall–Kier alpha value is -1.75. The molecule has 0 N–H and O–H groups in total. The van der Waals surface area contributed by atoms with Crippen molar-refractivity contribution in [2.24, 2.45) is 5.10 Å². The first-order valence-electron chi connectivity index (χ1n) is 6.43. The fourth-order valence-electron chi connectivity index (χ4n) is 2.07. The van der Waals surface area contributed by atoms with E-state index in [9.17, 15) is 0 Å². The highest BCUT2D eigenvalue weighted by atomic mass is 16.5. The molecule has 0 amide bonds. The van der Waals surface area contributed by atoms with E-state index in [1.807, 2.05) is 24.4 Å². The second-order valence-electron chi connectivity index (χ2n) is 4.58. The molecule has 2 rings (SSSR count). The molecule has 0 unspecified atom stereocenters. The largest absolute Gasteiger partial charge is 0.493 e. The molecular formula is C14H21N3O2. The van der Waals surface area contributed by atoms with Gasteiger partial charge in [-0.1, -0.05) is 6.07 Å². The van der Waals surface area contributed by atoms with Crippen LogP contribution in [0.3, 0.4) is 0 Å². The van der Waals surface area contributed by atoms with Crippen molar-refractivity contribution in [3.05, 3.63) is 23.8 Å². The van der Waals surface area contributed by atoms with Crippen LogP contribution < -0.4 is 9.47 Å². The normalized spacial score (nSPS) is 16.9. The number of hydrazone groups is 1. The van der Waals surface area contributed by atoms with Gasteiger partial charge in [0.1, 0.15) is 0 Å². The minimum Gasteiger partial charge on any atom is -0.493 e. The number of hydrogen-bond donors (Lipinski definition) is 0. The van der Waals surface area contributed by atoms with Crippen LogP contribution in [0.25, 0.3) is 0 Å². The van der Waals surface area contributed by atoms with E-state index in [-0.39, 0.29) is 0 Å². The summed E-state index contributed by atoms with van der Waals surface area (Å²) in [5, 5.41) is 6.60. The average molecular weight is 263 g/mol. The predicted octanol–water partition coefficient (Wildman–Crippen LogP) is 1.29. The van der Waals surface area contributed by atoms with Crippen LogP contribution in [0.5, 0.6) is 11.5 Å². The number of hydrogen-bond acceptors (Lipinski definition) is 5. The third kappa shape index (κ3) is 3.38. The summed E-state index contributed by atoms with van der Waals surface area (Å²) in [6, 6.07) is 5.79. The molecule has 0 saturated carbocycles. The Morgan fingerprint density at radius 3 is 2.47 bits per heavy atom. The Kier molecular flexibility index (Phi) is 4.63. The Bertz CT molecular complexity index is 440. The maximum atomic E-state index is 5.38. The number of nitrogens with zero attached hydrogens (tertiary/aromatic N) is 3. The van der Waals surface area contributed by atoms with E-state index in [2.05, 4.69) is 22.1 Å². The maximum Gasteiger partial charge on any atom is 0.169 e. The molecule has 1 aromatic rings. The smallest absolute Gasteiger partial charge is 0.169 e. The molecule has 19 heavy (non-hydrogen) atoms. The van der Waals surface area contributed by atoms with E-state index in [0.717, 1.165) is 43.2 Å². The standard InChI is InChI=1S/C14H21N3O2/c1-16-7-9-17(10-8-16)15-11-12-5-4-6-13(18-2)14(12)19-3/h4-6,11H,7-10H2,1-3H3/b15-11-. The lowest BCUT2D eigenvalue weighted by Crippen LogP contribution is -2.41. The van der Waals surface area contributed by atoms with Gasteiger partial charge >= 0.3 is 0 Å². The predicted molar refractivity (Wildman–Crippen MR) is 76.2 cm³/mol. The van der Waals surface area contributed by atoms with Gasteiger partial charge in [0.25, 0.3) is 0 Å². The average Bonchev–Trinajstić information content (AvgIpc) is 2.46. The molecule has 0 aromatic heterocycles. The van der Waals surface area contributed by atoms with Gasteiger partial charge in [0.2, 0.25) is 0 Å². The van der Waals surface area contributed by atoms with Gasteiger partial charge in [0.05, 0.1) is 20.4 Å². The van der Waals surface area contributed by atoms with E-state index in [4.69, 9.17) is 9.47 Å². The second kappa shape index (κ2) is 6.43. The summed E-state index contributed by atoms with van der Waals surface area (Å²) in [7, 11) is 5.41. The fourth-order valence-corrected chi connectivity index (χ4v) is 2.07. The fraction of sp³-hybridized carbons (Fsp3) is 0.500. The van der Waals surface area contributed by atoms with Gasteiger partial charge in [-0.15, -0.1) is 0 Å². The third-order valence-corrected chi connectivity index (χ3v) is 3.27. The minimum absolute atomic E-state index is 0.725. The summed E-state index contributed by atoms with van der Waals surface area (Å²) >= 11 is 0. The molecule has 1 aliphatic heterocycles. The number of benzene rings is 1. The molecule has 0 aliphatic carbocycles. The number of piperazine rings is 1. The number of para-hydroxylation sites is 1. The highest BCUT2D eigenvalue weighted by Crippen LogP contribution is 2.29. The highest BCUT2D eigenvalue weighted by molar-refractivity contribution is 5.84. The van der Waals surface area contributed by atoms with Crippen LogP contribution in [0.4, 0.5) is 0 Å². The summed E-state index contributed by atoms with van der Waals surface area (Å²) in [4.78, 5) is 2.30. The van der Waals surface area contributed by atoms with Gasteiger partial charge in [-0.2, -0.15) is 5.10 Å². The lowest BCUT2D eigenvalue weighted by molar-refractivity contribution is 0.159. The van der Waals surface area contributed by atoms with Crippen molar-refractivity contribution in [3.8, 4) is 11.5 Å². The van der Waals surface area contributed by atoms with Crippen LogP contribution >= 0.6 is 0 Å². The first-order valence-corrected chi connectivity index (χ1v) is 6.43. The van der Waals surface area contributed by atoms with Crippen molar-refractivity contribution < 1.29 is 9.47 Å². The minimum atomic E-state index is 0.725. The summed E-state index contributed by atoms with van der Waals surface area (Å²) < 4.78 is 10.7. The monoisotopic (exact) mass is 263 g/mol. The van der Waals surface area contributed by atoms with Gasteiger partial charge < -0.3 is 14.4 Å². The topological polar surface area (TPSA) is 37.3 Å². The molecule has 5 heteroatoms. The first kappa shape index (κ1) is 13.7. The van der Waals surface area contributed by atoms with Crippen molar-refractivity contribution in [2.75, 3.05) is 47.4 Å². The van der Waals surface area contributed by atoms with Crippen LogP contribution in [0.15, 0.2) is 23.3 Å². The van der Waals surface area contributed by atoms with E-state index in [1.54, 1.807) is 14.2 Å². The molecule has 0 spiro atoms. The third-order valence-electron chi connectivity index (χ3n) is 3.27. The summed E-state index contributed by atoms with van der Waals surface area (Å²) in [6.07, 6.45) is 1.84. The van der Waals surface area contributed by atoms with Gasteiger partial charge in [0.15, 0.2) is 11.5 Å². The van der Waals surface area contributed by atoms with Gasteiger partial charge in [-0.25, -0.2) is 0 Å². The maximum absolute atomic E-state index is 5.38. The summed E-state index contributed by atoms with van der Waals surface area (Å²) in [5.74, 6) is 1.45. The summed E-state index contributed by atoms with van der Waals surface area (Å²) in [6.45, 7) is 4.01. The van der Waals surface area contributed by atoms with Crippen molar-refractivity contribution in [1.29, 1.82) is 0 Å². The zero-order valence-electron chi connectivity index (χ0n) is 11.8. The van der Waals surface area contributed by atoms with Crippen LogP contribution in [-0.4, -0.2) is 63.6 Å². The van der Waals surface area contributed by atoms with E-state index < -0.39 is 0 Å². The lowest BCUT2D eigenvalue weighted by atomic mass is 10.2.